The lowest BCUT2D eigenvalue weighted by atomic mass is 9.83. The first-order chi connectivity index (χ1) is 13.8. The smallest absolute Gasteiger partial charge is 0.385 e. The minimum atomic E-state index is -2.39. The molecule has 29 heavy (non-hydrogen) atoms. The highest BCUT2D eigenvalue weighted by atomic mass is 16.7. The molecule has 0 N–H and O–H groups in total. The van der Waals surface area contributed by atoms with Gasteiger partial charge in [0.15, 0.2) is 5.78 Å². The Bertz CT molecular complexity index is 918. The Labute approximate surface area is 167 Å². The third-order valence-corrected chi connectivity index (χ3v) is 4.52. The van der Waals surface area contributed by atoms with Crippen molar-refractivity contribution in [2.45, 2.75) is 45.3 Å². The Morgan fingerprint density at radius 2 is 2.21 bits per heavy atom. The van der Waals surface area contributed by atoms with Gasteiger partial charge < -0.3 is 4.74 Å². The summed E-state index contributed by atoms with van der Waals surface area (Å²) >= 11 is 0. The van der Waals surface area contributed by atoms with Crippen LogP contribution in [-0.2, 0) is 9.53 Å². The first-order valence-electron chi connectivity index (χ1n) is 9.02. The molecule has 1 aliphatic rings. The van der Waals surface area contributed by atoms with Gasteiger partial charge in [-0.1, -0.05) is 16.3 Å². The molecule has 0 radical (unpaired) electrons. The van der Waals surface area contributed by atoms with Crippen LogP contribution >= 0.6 is 0 Å². The van der Waals surface area contributed by atoms with E-state index in [0.29, 0.717) is 43.4 Å². The number of aromatic nitrogens is 1. The number of pyridine rings is 1. The number of carbonyl (C=O) groups excluding carboxylic acids is 2. The van der Waals surface area contributed by atoms with E-state index < -0.39 is 22.4 Å². The zero-order valence-corrected chi connectivity index (χ0v) is 16.2. The quantitative estimate of drug-likeness (QED) is 0.0707. The molecule has 1 unspecified atom stereocenters. The first-order valence-corrected chi connectivity index (χ1v) is 9.02. The summed E-state index contributed by atoms with van der Waals surface area (Å²) in [5.41, 5.74) is 7.01. The fraction of sp³-hybridized carbons (Fsp3) is 0.421. The summed E-state index contributed by atoms with van der Waals surface area (Å²) in [5, 5.41) is 15.5. The molecule has 2 rings (SSSR count). The maximum Gasteiger partial charge on any atom is 0.416 e. The molecular formula is C19H21N5O5. The lowest BCUT2D eigenvalue weighted by Gasteiger charge is -2.29. The van der Waals surface area contributed by atoms with Gasteiger partial charge >= 0.3 is 11.7 Å². The van der Waals surface area contributed by atoms with E-state index in [0.717, 1.165) is 0 Å². The van der Waals surface area contributed by atoms with E-state index in [2.05, 4.69) is 15.0 Å². The molecule has 10 nitrogen and oxygen atoms in total. The molecule has 1 aromatic heterocycles. The zero-order valence-electron chi connectivity index (χ0n) is 16.2. The number of ether oxygens (including phenoxy) is 1. The summed E-state index contributed by atoms with van der Waals surface area (Å²) in [6.45, 7) is 3.17. The summed E-state index contributed by atoms with van der Waals surface area (Å²) < 4.78 is 5.35. The third-order valence-electron chi connectivity index (χ3n) is 4.52. The Hall–Kier alpha value is -3.52. The molecular weight excluding hydrogens is 378 g/mol. The number of azide groups is 1. The van der Waals surface area contributed by atoms with Gasteiger partial charge in [0.25, 0.3) is 0 Å². The molecule has 0 saturated carbocycles. The van der Waals surface area contributed by atoms with Crippen molar-refractivity contribution in [1.82, 2.24) is 4.98 Å². The number of hydrogen-bond acceptors (Lipinski definition) is 7. The van der Waals surface area contributed by atoms with Crippen molar-refractivity contribution in [3.8, 4) is 0 Å². The molecule has 0 aliphatic heterocycles. The van der Waals surface area contributed by atoms with Gasteiger partial charge in [0, 0.05) is 29.9 Å². The Kier molecular flexibility index (Phi) is 7.21. The maximum atomic E-state index is 12.6. The van der Waals surface area contributed by atoms with Gasteiger partial charge in [-0.2, -0.15) is 0 Å². The van der Waals surface area contributed by atoms with Crippen molar-refractivity contribution in [3.63, 3.8) is 0 Å². The van der Waals surface area contributed by atoms with Crippen LogP contribution in [0.2, 0.25) is 0 Å². The van der Waals surface area contributed by atoms with Crippen molar-refractivity contribution >= 4 is 11.8 Å². The first kappa shape index (κ1) is 21.8. The van der Waals surface area contributed by atoms with Crippen molar-refractivity contribution in [2.75, 3.05) is 6.54 Å². The van der Waals surface area contributed by atoms with E-state index in [-0.39, 0.29) is 11.1 Å². The largest absolute Gasteiger partial charge is 0.416 e. The second-order valence-electron chi connectivity index (χ2n) is 6.69. The fourth-order valence-corrected chi connectivity index (χ4v) is 3.37. The van der Waals surface area contributed by atoms with Crippen LogP contribution in [0.1, 0.15) is 49.9 Å². The molecule has 0 saturated heterocycles. The number of rotatable bonds is 9. The number of hydrogen-bond donors (Lipinski definition) is 0. The predicted molar refractivity (Wildman–Crippen MR) is 103 cm³/mol. The number of allylic oxidation sites excluding steroid dienone is 2. The number of esters is 1. The topological polar surface area (TPSA) is 148 Å². The number of unbranched alkanes of at least 4 members (excludes halogenated alkanes) is 1. The Balaban J connectivity index is 2.39. The van der Waals surface area contributed by atoms with Crippen LogP contribution in [0.25, 0.3) is 10.4 Å². The normalized spacial score (nSPS) is 18.5. The fourth-order valence-electron chi connectivity index (χ4n) is 3.37. The predicted octanol–water partition coefficient (Wildman–Crippen LogP) is 3.93. The van der Waals surface area contributed by atoms with Crippen molar-refractivity contribution in [3.05, 3.63) is 73.4 Å². The maximum absolute atomic E-state index is 12.6. The highest BCUT2D eigenvalue weighted by Gasteiger charge is 2.54. The van der Waals surface area contributed by atoms with E-state index in [4.69, 9.17) is 10.3 Å². The minimum absolute atomic E-state index is 0.0455. The molecule has 0 amide bonds. The molecule has 152 valence electrons. The monoisotopic (exact) mass is 399 g/mol. The van der Waals surface area contributed by atoms with E-state index in [9.17, 15) is 19.7 Å². The van der Waals surface area contributed by atoms with Crippen LogP contribution in [-0.4, -0.2) is 33.9 Å². The third kappa shape index (κ3) is 5.05. The van der Waals surface area contributed by atoms with Gasteiger partial charge in [-0.3, -0.25) is 19.9 Å². The second-order valence-corrected chi connectivity index (χ2v) is 6.69. The summed E-state index contributed by atoms with van der Waals surface area (Å²) in [6.07, 6.45) is 6.07. The summed E-state index contributed by atoms with van der Waals surface area (Å²) in [6, 6.07) is 2.93. The SMILES string of the molecule is CC(=O)C1=C(C)CC(CCCCN=[N+]=[N-])=CC1(OC(=O)c1cccnc1)[N+](=O)[O-]. The van der Waals surface area contributed by atoms with Crippen LogP contribution in [0.15, 0.2) is 52.4 Å². The molecule has 0 spiro atoms. The average Bonchev–Trinajstić information content (AvgIpc) is 2.67. The van der Waals surface area contributed by atoms with Gasteiger partial charge in [0.2, 0.25) is 0 Å². The standard InChI is InChI=1S/C19H21N5O5/c1-13-10-15(6-3-4-9-22-23-20)11-19(24(27)28,17(13)14(2)25)29-18(26)16-7-5-8-21-12-16/h5,7-8,11-12H,3-4,6,9-10H2,1-2H3. The Morgan fingerprint density at radius 1 is 1.45 bits per heavy atom. The molecule has 1 aromatic rings. The van der Waals surface area contributed by atoms with Crippen LogP contribution in [0.4, 0.5) is 0 Å². The van der Waals surface area contributed by atoms with Crippen LogP contribution in [0.3, 0.4) is 0 Å². The number of carbonyl (C=O) groups is 2. The molecule has 0 bridgehead atoms. The van der Waals surface area contributed by atoms with Crippen LogP contribution in [0, 0.1) is 10.1 Å². The minimum Gasteiger partial charge on any atom is -0.385 e. The molecule has 1 aliphatic carbocycles. The number of ketones is 1. The van der Waals surface area contributed by atoms with Crippen LogP contribution in [0.5, 0.6) is 0 Å². The summed E-state index contributed by atoms with van der Waals surface area (Å²) in [7, 11) is 0. The molecule has 0 aromatic carbocycles. The lowest BCUT2D eigenvalue weighted by molar-refractivity contribution is -0.590. The number of nitro groups is 1. The molecule has 10 heteroatoms. The molecule has 1 atom stereocenters. The lowest BCUT2D eigenvalue weighted by Crippen LogP contribution is -2.47. The van der Waals surface area contributed by atoms with E-state index in [1.54, 1.807) is 6.92 Å². The van der Waals surface area contributed by atoms with Gasteiger partial charge in [-0.25, -0.2) is 4.79 Å². The van der Waals surface area contributed by atoms with Gasteiger partial charge in [0.1, 0.15) is 5.57 Å². The van der Waals surface area contributed by atoms with Crippen molar-refractivity contribution in [2.24, 2.45) is 5.11 Å². The van der Waals surface area contributed by atoms with Gasteiger partial charge in [-0.15, -0.1) is 0 Å². The van der Waals surface area contributed by atoms with E-state index in [1.807, 2.05) is 0 Å². The van der Waals surface area contributed by atoms with E-state index >= 15 is 0 Å². The van der Waals surface area contributed by atoms with E-state index in [1.165, 1.54) is 37.5 Å². The highest BCUT2D eigenvalue weighted by Crippen LogP contribution is 2.38. The summed E-state index contributed by atoms with van der Waals surface area (Å²) in [4.78, 5) is 42.6. The average molecular weight is 399 g/mol. The number of nitrogens with zero attached hydrogens (tertiary/aromatic N) is 5. The van der Waals surface area contributed by atoms with Crippen LogP contribution < -0.4 is 0 Å². The number of Topliss-reactive ketones (excluding diaryl/α,β-unsaturated/α-hetero) is 1. The molecule has 1 heterocycles. The zero-order chi connectivity index (χ0) is 21.4. The van der Waals surface area contributed by atoms with Crippen molar-refractivity contribution in [1.29, 1.82) is 0 Å². The van der Waals surface area contributed by atoms with Crippen molar-refractivity contribution < 1.29 is 19.2 Å². The second kappa shape index (κ2) is 9.61. The summed E-state index contributed by atoms with van der Waals surface area (Å²) in [5.74, 6) is -1.47. The Morgan fingerprint density at radius 3 is 2.79 bits per heavy atom. The van der Waals surface area contributed by atoms with Gasteiger partial charge in [0.05, 0.1) is 10.5 Å². The molecule has 0 fully saturated rings. The van der Waals surface area contributed by atoms with Gasteiger partial charge in [-0.05, 0) is 57.2 Å². The highest BCUT2D eigenvalue weighted by molar-refractivity contribution is 5.98.